The first-order valence-electron chi connectivity index (χ1n) is 5.68. The predicted molar refractivity (Wildman–Crippen MR) is 62.2 cm³/mol. The quantitative estimate of drug-likeness (QED) is 0.603. The summed E-state index contributed by atoms with van der Waals surface area (Å²) in [6, 6.07) is 4.01. The molecule has 0 aliphatic heterocycles. The summed E-state index contributed by atoms with van der Waals surface area (Å²) in [5, 5.41) is 4.53. The number of hydrogen-bond acceptors (Lipinski definition) is 4. The molecule has 1 aliphatic carbocycles. The highest BCUT2D eigenvalue weighted by Crippen LogP contribution is 2.39. The van der Waals surface area contributed by atoms with Crippen LogP contribution in [-0.4, -0.2) is 14.6 Å². The van der Waals surface area contributed by atoms with Crippen molar-refractivity contribution in [3.63, 3.8) is 0 Å². The molecule has 0 unspecified atom stereocenters. The van der Waals surface area contributed by atoms with Gasteiger partial charge < -0.3 is 5.43 Å². The van der Waals surface area contributed by atoms with Crippen LogP contribution in [0.25, 0.3) is 5.65 Å². The van der Waals surface area contributed by atoms with Crippen molar-refractivity contribution >= 4 is 11.5 Å². The lowest BCUT2D eigenvalue weighted by atomic mass is 10.3. The van der Waals surface area contributed by atoms with Crippen LogP contribution in [0, 0.1) is 0 Å². The summed E-state index contributed by atoms with van der Waals surface area (Å²) < 4.78 is 1.78. The van der Waals surface area contributed by atoms with Crippen molar-refractivity contribution in [3.8, 4) is 0 Å². The molecule has 2 heterocycles. The number of nitrogens with zero attached hydrogens (tertiary/aromatic N) is 3. The highest BCUT2D eigenvalue weighted by molar-refractivity contribution is 5.50. The van der Waals surface area contributed by atoms with Gasteiger partial charge in [0.2, 0.25) is 0 Å². The van der Waals surface area contributed by atoms with Crippen molar-refractivity contribution in [1.29, 1.82) is 0 Å². The molecule has 3 rings (SSSR count). The molecule has 0 bridgehead atoms. The van der Waals surface area contributed by atoms with E-state index in [1.165, 1.54) is 12.8 Å². The zero-order valence-electron chi connectivity index (χ0n) is 9.27. The summed E-state index contributed by atoms with van der Waals surface area (Å²) in [5.74, 6) is 6.94. The van der Waals surface area contributed by atoms with Gasteiger partial charge in [-0.05, 0) is 19.3 Å². The Morgan fingerprint density at radius 1 is 1.50 bits per heavy atom. The Labute approximate surface area is 93.6 Å². The van der Waals surface area contributed by atoms with Gasteiger partial charge in [0, 0.05) is 23.7 Å². The van der Waals surface area contributed by atoms with Crippen molar-refractivity contribution < 1.29 is 0 Å². The van der Waals surface area contributed by atoms with Crippen LogP contribution in [0.15, 0.2) is 12.1 Å². The summed E-state index contributed by atoms with van der Waals surface area (Å²) in [6.45, 7) is 2.08. The minimum Gasteiger partial charge on any atom is -0.308 e. The molecule has 0 atom stereocenters. The summed E-state index contributed by atoms with van der Waals surface area (Å²) in [6.07, 6.45) is 3.39. The van der Waals surface area contributed by atoms with Crippen molar-refractivity contribution in [1.82, 2.24) is 14.6 Å². The number of nitrogens with two attached hydrogens (primary N) is 1. The number of nitrogen functional groups attached to an aromatic ring is 1. The van der Waals surface area contributed by atoms with Gasteiger partial charge in [0.1, 0.15) is 5.82 Å². The highest BCUT2D eigenvalue weighted by Gasteiger charge is 2.26. The van der Waals surface area contributed by atoms with Gasteiger partial charge in [-0.25, -0.2) is 10.8 Å². The zero-order chi connectivity index (χ0) is 11.1. The van der Waals surface area contributed by atoms with Gasteiger partial charge in [-0.15, -0.1) is 0 Å². The van der Waals surface area contributed by atoms with Gasteiger partial charge in [-0.3, -0.25) is 0 Å². The minimum absolute atomic E-state index is 0.636. The molecule has 0 spiro atoms. The van der Waals surface area contributed by atoms with E-state index in [2.05, 4.69) is 28.5 Å². The van der Waals surface area contributed by atoms with Gasteiger partial charge in [0.15, 0.2) is 5.65 Å². The first kappa shape index (κ1) is 9.59. The maximum absolute atomic E-state index is 5.50. The average Bonchev–Trinajstić information content (AvgIpc) is 3.07. The standard InChI is InChI=1S/C11H15N5/c1-2-8-5-11(14-12)16-10(13-8)6-9(15-16)7-3-4-7/h5-7,14H,2-4,12H2,1H3. The van der Waals surface area contributed by atoms with Crippen LogP contribution in [0.2, 0.25) is 0 Å². The molecule has 5 nitrogen and oxygen atoms in total. The van der Waals surface area contributed by atoms with Crippen LogP contribution in [0.4, 0.5) is 5.82 Å². The van der Waals surface area contributed by atoms with E-state index in [1.54, 1.807) is 4.52 Å². The number of aryl methyl sites for hydroxylation is 1. The van der Waals surface area contributed by atoms with E-state index in [0.717, 1.165) is 29.3 Å². The highest BCUT2D eigenvalue weighted by atomic mass is 15.4. The molecule has 5 heteroatoms. The fourth-order valence-corrected chi connectivity index (χ4v) is 1.91. The Morgan fingerprint density at radius 2 is 2.31 bits per heavy atom. The molecule has 2 aromatic rings. The normalized spacial score (nSPS) is 15.6. The van der Waals surface area contributed by atoms with Crippen LogP contribution in [0.5, 0.6) is 0 Å². The molecule has 16 heavy (non-hydrogen) atoms. The average molecular weight is 217 g/mol. The van der Waals surface area contributed by atoms with Gasteiger partial charge in [-0.2, -0.15) is 9.61 Å². The Morgan fingerprint density at radius 3 is 2.94 bits per heavy atom. The van der Waals surface area contributed by atoms with Gasteiger partial charge >= 0.3 is 0 Å². The van der Waals surface area contributed by atoms with E-state index in [-0.39, 0.29) is 0 Å². The first-order chi connectivity index (χ1) is 7.81. The first-order valence-corrected chi connectivity index (χ1v) is 5.68. The number of anilines is 1. The lowest BCUT2D eigenvalue weighted by Crippen LogP contribution is -2.12. The summed E-state index contributed by atoms with van der Waals surface area (Å²) in [7, 11) is 0. The molecule has 0 radical (unpaired) electrons. The summed E-state index contributed by atoms with van der Waals surface area (Å²) in [4.78, 5) is 4.54. The lowest BCUT2D eigenvalue weighted by Gasteiger charge is -2.05. The molecule has 0 aromatic carbocycles. The maximum atomic E-state index is 5.50. The third kappa shape index (κ3) is 1.44. The number of fused-ring (bicyclic) bond motifs is 1. The van der Waals surface area contributed by atoms with Crippen LogP contribution in [-0.2, 0) is 6.42 Å². The van der Waals surface area contributed by atoms with Crippen molar-refractivity contribution in [2.75, 3.05) is 5.43 Å². The monoisotopic (exact) mass is 217 g/mol. The summed E-state index contributed by atoms with van der Waals surface area (Å²) >= 11 is 0. The largest absolute Gasteiger partial charge is 0.308 e. The Bertz CT molecular complexity index is 526. The van der Waals surface area contributed by atoms with E-state index in [9.17, 15) is 0 Å². The smallest absolute Gasteiger partial charge is 0.157 e. The van der Waals surface area contributed by atoms with Crippen LogP contribution < -0.4 is 11.3 Å². The fraction of sp³-hybridized carbons (Fsp3) is 0.455. The molecule has 0 amide bonds. The molecule has 3 N–H and O–H groups in total. The lowest BCUT2D eigenvalue weighted by molar-refractivity contribution is 0.870. The second-order valence-electron chi connectivity index (χ2n) is 4.24. The predicted octanol–water partition coefficient (Wildman–Crippen LogP) is 1.45. The van der Waals surface area contributed by atoms with Gasteiger partial charge in [-0.1, -0.05) is 6.92 Å². The molecule has 0 saturated heterocycles. The van der Waals surface area contributed by atoms with Crippen molar-refractivity contribution in [2.24, 2.45) is 5.84 Å². The number of aromatic nitrogens is 3. The third-order valence-electron chi connectivity index (χ3n) is 3.00. The number of rotatable bonds is 3. The van der Waals surface area contributed by atoms with E-state index in [1.807, 2.05) is 6.07 Å². The van der Waals surface area contributed by atoms with E-state index >= 15 is 0 Å². The fourth-order valence-electron chi connectivity index (χ4n) is 1.91. The van der Waals surface area contributed by atoms with Crippen LogP contribution >= 0.6 is 0 Å². The molecule has 1 saturated carbocycles. The third-order valence-corrected chi connectivity index (χ3v) is 3.00. The Balaban J connectivity index is 2.18. The SMILES string of the molecule is CCc1cc(NN)n2nc(C3CC3)cc2n1. The number of hydrogen-bond donors (Lipinski definition) is 2. The van der Waals surface area contributed by atoms with Crippen molar-refractivity contribution in [2.45, 2.75) is 32.1 Å². The van der Waals surface area contributed by atoms with Crippen molar-refractivity contribution in [3.05, 3.63) is 23.5 Å². The van der Waals surface area contributed by atoms with E-state index in [4.69, 9.17) is 5.84 Å². The second-order valence-corrected chi connectivity index (χ2v) is 4.24. The maximum Gasteiger partial charge on any atom is 0.157 e. The van der Waals surface area contributed by atoms with E-state index < -0.39 is 0 Å². The van der Waals surface area contributed by atoms with Gasteiger partial charge in [0.25, 0.3) is 0 Å². The second kappa shape index (κ2) is 3.45. The minimum atomic E-state index is 0.636. The van der Waals surface area contributed by atoms with Crippen LogP contribution in [0.1, 0.15) is 37.1 Å². The van der Waals surface area contributed by atoms with Gasteiger partial charge in [0.05, 0.1) is 5.69 Å². The Kier molecular flexibility index (Phi) is 2.07. The molecule has 1 fully saturated rings. The molecular weight excluding hydrogens is 202 g/mol. The Hall–Kier alpha value is -1.62. The molecule has 1 aliphatic rings. The number of nitrogens with one attached hydrogen (secondary N) is 1. The molecule has 2 aromatic heterocycles. The van der Waals surface area contributed by atoms with E-state index in [0.29, 0.717) is 5.92 Å². The topological polar surface area (TPSA) is 68.2 Å². The summed E-state index contributed by atoms with van der Waals surface area (Å²) in [5.41, 5.74) is 5.73. The van der Waals surface area contributed by atoms with Crippen LogP contribution in [0.3, 0.4) is 0 Å². The molecule has 84 valence electrons. The number of hydrazine groups is 1. The zero-order valence-corrected chi connectivity index (χ0v) is 9.27. The molecular formula is C11H15N5.